The number of carbonyl (C=O) groups is 2. The fourth-order valence-electron chi connectivity index (χ4n) is 4.09. The standard InChI is InChI=1S/C24H27N5O3/c1-16-21(17(2)29(27-16)22-6-4-5-12-25-22)11-13-26-24(31)18-14-23(30)28(15-18)19-7-9-20(32-3)10-8-19/h4-10,12,18H,11,13-15H2,1-3H3,(H,26,31). The molecule has 1 atom stereocenters. The van der Waals surface area contributed by atoms with Crippen molar-refractivity contribution in [2.24, 2.45) is 5.92 Å². The molecule has 3 aromatic rings. The minimum Gasteiger partial charge on any atom is -0.497 e. The molecule has 1 fully saturated rings. The Hall–Kier alpha value is -3.68. The second-order valence-corrected chi connectivity index (χ2v) is 7.89. The summed E-state index contributed by atoms with van der Waals surface area (Å²) < 4.78 is 6.99. The summed E-state index contributed by atoms with van der Waals surface area (Å²) in [4.78, 5) is 31.2. The molecular formula is C24H27N5O3. The number of pyridine rings is 1. The molecule has 8 nitrogen and oxygen atoms in total. The summed E-state index contributed by atoms with van der Waals surface area (Å²) in [6.45, 7) is 4.84. The number of anilines is 1. The molecule has 3 heterocycles. The van der Waals surface area contributed by atoms with Crippen molar-refractivity contribution in [3.63, 3.8) is 0 Å². The normalized spacial score (nSPS) is 15.8. The zero-order valence-electron chi connectivity index (χ0n) is 18.5. The van der Waals surface area contributed by atoms with Crippen molar-refractivity contribution in [2.45, 2.75) is 26.7 Å². The third-order valence-corrected chi connectivity index (χ3v) is 5.86. The molecule has 8 heteroatoms. The van der Waals surface area contributed by atoms with Gasteiger partial charge in [-0.2, -0.15) is 5.10 Å². The number of nitrogens with zero attached hydrogens (tertiary/aromatic N) is 4. The van der Waals surface area contributed by atoms with Crippen LogP contribution in [0.1, 0.15) is 23.4 Å². The third kappa shape index (κ3) is 4.34. The molecule has 1 N–H and O–H groups in total. The van der Waals surface area contributed by atoms with Gasteiger partial charge in [-0.25, -0.2) is 9.67 Å². The van der Waals surface area contributed by atoms with Gasteiger partial charge >= 0.3 is 0 Å². The molecule has 32 heavy (non-hydrogen) atoms. The molecule has 1 saturated heterocycles. The summed E-state index contributed by atoms with van der Waals surface area (Å²) >= 11 is 0. The number of rotatable bonds is 7. The highest BCUT2D eigenvalue weighted by atomic mass is 16.5. The van der Waals surface area contributed by atoms with Crippen LogP contribution in [0.5, 0.6) is 5.75 Å². The van der Waals surface area contributed by atoms with Gasteiger partial charge in [0.1, 0.15) is 5.75 Å². The maximum atomic E-state index is 12.7. The Morgan fingerprint density at radius 2 is 1.97 bits per heavy atom. The van der Waals surface area contributed by atoms with E-state index >= 15 is 0 Å². The Balaban J connectivity index is 1.35. The predicted octanol–water partition coefficient (Wildman–Crippen LogP) is 2.60. The van der Waals surface area contributed by atoms with Gasteiger partial charge in [-0.05, 0) is 62.2 Å². The Morgan fingerprint density at radius 3 is 2.66 bits per heavy atom. The van der Waals surface area contributed by atoms with Gasteiger partial charge in [0.05, 0.1) is 18.7 Å². The minimum absolute atomic E-state index is 0.0429. The molecule has 4 rings (SSSR count). The van der Waals surface area contributed by atoms with Gasteiger partial charge in [-0.1, -0.05) is 6.07 Å². The van der Waals surface area contributed by atoms with Crippen molar-refractivity contribution in [1.29, 1.82) is 0 Å². The molecule has 0 radical (unpaired) electrons. The molecule has 0 saturated carbocycles. The fraction of sp³-hybridized carbons (Fsp3) is 0.333. The smallest absolute Gasteiger partial charge is 0.227 e. The first-order valence-electron chi connectivity index (χ1n) is 10.7. The zero-order chi connectivity index (χ0) is 22.7. The maximum absolute atomic E-state index is 12.7. The van der Waals surface area contributed by atoms with Gasteiger partial charge in [0, 0.05) is 37.1 Å². The summed E-state index contributed by atoms with van der Waals surface area (Å²) in [6, 6.07) is 13.0. The molecule has 166 valence electrons. The van der Waals surface area contributed by atoms with E-state index in [1.165, 1.54) is 0 Å². The molecule has 1 aliphatic heterocycles. The number of carbonyl (C=O) groups excluding carboxylic acids is 2. The van der Waals surface area contributed by atoms with Crippen molar-refractivity contribution in [1.82, 2.24) is 20.1 Å². The number of ether oxygens (including phenoxy) is 1. The van der Waals surface area contributed by atoms with Gasteiger partial charge in [-0.15, -0.1) is 0 Å². The average Bonchev–Trinajstić information content (AvgIpc) is 3.34. The molecule has 0 bridgehead atoms. The van der Waals surface area contributed by atoms with E-state index in [-0.39, 0.29) is 24.2 Å². The van der Waals surface area contributed by atoms with Crippen LogP contribution in [0.25, 0.3) is 5.82 Å². The lowest BCUT2D eigenvalue weighted by Crippen LogP contribution is -2.34. The highest BCUT2D eigenvalue weighted by Crippen LogP contribution is 2.27. The van der Waals surface area contributed by atoms with Crippen molar-refractivity contribution in [3.05, 3.63) is 65.6 Å². The molecule has 2 aromatic heterocycles. The lowest BCUT2D eigenvalue weighted by molar-refractivity contribution is -0.126. The molecule has 0 aliphatic carbocycles. The SMILES string of the molecule is COc1ccc(N2CC(C(=O)NCCc3c(C)nn(-c4ccccn4)c3C)CC2=O)cc1. The molecule has 1 aromatic carbocycles. The van der Waals surface area contributed by atoms with Crippen LogP contribution in [0.15, 0.2) is 48.7 Å². The van der Waals surface area contributed by atoms with Gasteiger partial charge in [-0.3, -0.25) is 9.59 Å². The average molecular weight is 434 g/mol. The van der Waals surface area contributed by atoms with Crippen LogP contribution >= 0.6 is 0 Å². The number of amides is 2. The van der Waals surface area contributed by atoms with Crippen molar-refractivity contribution >= 4 is 17.5 Å². The van der Waals surface area contributed by atoms with Gasteiger partial charge in [0.2, 0.25) is 11.8 Å². The Kier molecular flexibility index (Phi) is 6.20. The largest absolute Gasteiger partial charge is 0.497 e. The van der Waals surface area contributed by atoms with Gasteiger partial charge in [0.25, 0.3) is 0 Å². The number of methoxy groups -OCH3 is 1. The topological polar surface area (TPSA) is 89.3 Å². The Bertz CT molecular complexity index is 1110. The minimum atomic E-state index is -0.358. The van der Waals surface area contributed by atoms with Crippen LogP contribution in [0.2, 0.25) is 0 Å². The van der Waals surface area contributed by atoms with E-state index in [9.17, 15) is 9.59 Å². The first kappa shape index (κ1) is 21.5. The van der Waals surface area contributed by atoms with E-state index in [4.69, 9.17) is 4.74 Å². The van der Waals surface area contributed by atoms with Gasteiger partial charge < -0.3 is 15.0 Å². The number of hydrogen-bond acceptors (Lipinski definition) is 5. The number of aromatic nitrogens is 3. The maximum Gasteiger partial charge on any atom is 0.227 e. The number of nitrogens with one attached hydrogen (secondary N) is 1. The summed E-state index contributed by atoms with van der Waals surface area (Å²) in [5.74, 6) is 1.00. The summed E-state index contributed by atoms with van der Waals surface area (Å²) in [7, 11) is 1.60. The molecule has 1 unspecified atom stereocenters. The van der Waals surface area contributed by atoms with Crippen LogP contribution in [-0.4, -0.2) is 46.8 Å². The Labute approximate surface area is 187 Å². The van der Waals surface area contributed by atoms with E-state index in [0.717, 1.165) is 34.2 Å². The van der Waals surface area contributed by atoms with Gasteiger partial charge in [0.15, 0.2) is 5.82 Å². The van der Waals surface area contributed by atoms with Crippen LogP contribution in [0, 0.1) is 19.8 Å². The number of hydrogen-bond donors (Lipinski definition) is 1. The van der Waals surface area contributed by atoms with Crippen LogP contribution < -0.4 is 15.0 Å². The number of aryl methyl sites for hydroxylation is 1. The van der Waals surface area contributed by atoms with E-state index in [1.807, 2.05) is 61.0 Å². The van der Waals surface area contributed by atoms with Crippen molar-refractivity contribution in [3.8, 4) is 11.6 Å². The predicted molar refractivity (Wildman–Crippen MR) is 121 cm³/mol. The quantitative estimate of drug-likeness (QED) is 0.619. The molecular weight excluding hydrogens is 406 g/mol. The van der Waals surface area contributed by atoms with E-state index in [0.29, 0.717) is 19.5 Å². The van der Waals surface area contributed by atoms with Crippen molar-refractivity contribution in [2.75, 3.05) is 25.1 Å². The second-order valence-electron chi connectivity index (χ2n) is 7.89. The highest BCUT2D eigenvalue weighted by Gasteiger charge is 2.35. The first-order valence-corrected chi connectivity index (χ1v) is 10.7. The summed E-state index contributed by atoms with van der Waals surface area (Å²) in [5.41, 5.74) is 3.80. The van der Waals surface area contributed by atoms with E-state index in [2.05, 4.69) is 15.4 Å². The first-order chi connectivity index (χ1) is 15.5. The van der Waals surface area contributed by atoms with Crippen LogP contribution in [0.3, 0.4) is 0 Å². The third-order valence-electron chi connectivity index (χ3n) is 5.86. The summed E-state index contributed by atoms with van der Waals surface area (Å²) in [5, 5.41) is 7.60. The fourth-order valence-corrected chi connectivity index (χ4v) is 4.09. The van der Waals surface area contributed by atoms with Crippen LogP contribution in [-0.2, 0) is 16.0 Å². The Morgan fingerprint density at radius 1 is 1.19 bits per heavy atom. The molecule has 1 aliphatic rings. The van der Waals surface area contributed by atoms with E-state index in [1.54, 1.807) is 18.2 Å². The molecule has 0 spiro atoms. The van der Waals surface area contributed by atoms with E-state index < -0.39 is 0 Å². The monoisotopic (exact) mass is 433 g/mol. The summed E-state index contributed by atoms with van der Waals surface area (Å²) in [6.07, 6.45) is 2.62. The van der Waals surface area contributed by atoms with Crippen LogP contribution in [0.4, 0.5) is 5.69 Å². The second kappa shape index (κ2) is 9.21. The number of benzene rings is 1. The lowest BCUT2D eigenvalue weighted by Gasteiger charge is -2.17. The lowest BCUT2D eigenvalue weighted by atomic mass is 10.1. The highest BCUT2D eigenvalue weighted by molar-refractivity contribution is 6.00. The zero-order valence-corrected chi connectivity index (χ0v) is 18.5. The van der Waals surface area contributed by atoms with Crippen molar-refractivity contribution < 1.29 is 14.3 Å². The molecule has 2 amide bonds.